The molecule has 0 atom stereocenters. The number of hydrogen-bond donors (Lipinski definition) is 2. The van der Waals surface area contributed by atoms with Crippen LogP contribution < -0.4 is 0 Å². The van der Waals surface area contributed by atoms with E-state index in [4.69, 9.17) is 28.4 Å². The van der Waals surface area contributed by atoms with E-state index >= 15 is 0 Å². The van der Waals surface area contributed by atoms with E-state index in [0.717, 1.165) is 33.4 Å². The fourth-order valence-corrected chi connectivity index (χ4v) is 5.94. The van der Waals surface area contributed by atoms with Crippen LogP contribution in [0.15, 0.2) is 24.3 Å². The Labute approximate surface area is 278 Å². The number of carbonyl (C=O) groups excluding carboxylic acids is 2. The van der Waals surface area contributed by atoms with Gasteiger partial charge in [-0.2, -0.15) is 0 Å². The van der Waals surface area contributed by atoms with E-state index in [2.05, 4.69) is 0 Å². The van der Waals surface area contributed by atoms with E-state index in [1.807, 2.05) is 79.7 Å². The lowest BCUT2D eigenvalue weighted by Gasteiger charge is -2.48. The summed E-state index contributed by atoms with van der Waals surface area (Å²) in [5.41, 5.74) is 3.50. The van der Waals surface area contributed by atoms with Gasteiger partial charge in [-0.3, -0.25) is 9.59 Å². The maximum atomic E-state index is 12.5. The molecule has 2 aromatic carbocycles. The van der Waals surface area contributed by atoms with Gasteiger partial charge in [0.15, 0.2) is 12.6 Å². The molecular weight excluding hydrogens is 604 g/mol. The van der Waals surface area contributed by atoms with Gasteiger partial charge in [-0.05, 0) is 73.9 Å². The number of phenols is 2. The molecule has 2 heterocycles. The van der Waals surface area contributed by atoms with Crippen LogP contribution in [0.2, 0.25) is 0 Å². The quantitative estimate of drug-likeness (QED) is 0.272. The smallest absolute Gasteiger partial charge is 0.306 e. The lowest BCUT2D eigenvalue weighted by molar-refractivity contribution is -0.337. The Morgan fingerprint density at radius 3 is 1.26 bits per heavy atom. The Morgan fingerprint density at radius 2 is 0.957 bits per heavy atom. The van der Waals surface area contributed by atoms with Gasteiger partial charge in [-0.25, -0.2) is 0 Å². The van der Waals surface area contributed by atoms with E-state index < -0.39 is 28.8 Å². The number of phenolic OH excluding ortho intramolecular Hbond substituents is 2. The number of aryl methyl sites for hydroxylation is 6. The SMILES string of the molecule is Cc1cc(CCC(=O)OCC(C)(C)C2OCC3(CO2)COC(C(C)(C)COC(=O)CCc2cc(C)c(O)c(C)c2)OC3)cc(C)c1O. The normalized spacial score (nSPS) is 21.9. The summed E-state index contributed by atoms with van der Waals surface area (Å²) < 4.78 is 35.8. The Hall–Kier alpha value is -3.18. The van der Waals surface area contributed by atoms with Gasteiger partial charge in [-0.1, -0.05) is 52.0 Å². The highest BCUT2D eigenvalue weighted by Gasteiger charge is 2.48. The second-order valence-electron chi connectivity index (χ2n) is 14.9. The molecule has 2 aliphatic rings. The summed E-state index contributed by atoms with van der Waals surface area (Å²) in [7, 11) is 0. The molecule has 2 N–H and O–H groups in total. The molecule has 0 unspecified atom stereocenters. The molecule has 0 radical (unpaired) electrons. The molecule has 47 heavy (non-hydrogen) atoms. The molecule has 10 nitrogen and oxygen atoms in total. The van der Waals surface area contributed by atoms with E-state index in [1.54, 1.807) is 0 Å². The molecule has 260 valence electrons. The zero-order valence-electron chi connectivity index (χ0n) is 29.2. The molecule has 0 bridgehead atoms. The zero-order chi connectivity index (χ0) is 34.6. The number of rotatable bonds is 12. The molecule has 2 aliphatic heterocycles. The monoisotopic (exact) mass is 656 g/mol. The first-order valence-electron chi connectivity index (χ1n) is 16.4. The minimum atomic E-state index is -0.576. The van der Waals surface area contributed by atoms with Crippen LogP contribution in [0.1, 0.15) is 73.9 Å². The number of aromatic hydroxyl groups is 2. The van der Waals surface area contributed by atoms with Gasteiger partial charge < -0.3 is 38.6 Å². The van der Waals surface area contributed by atoms with Gasteiger partial charge in [0.25, 0.3) is 0 Å². The van der Waals surface area contributed by atoms with Crippen molar-refractivity contribution in [1.82, 2.24) is 0 Å². The van der Waals surface area contributed by atoms with Gasteiger partial charge in [-0.15, -0.1) is 0 Å². The minimum Gasteiger partial charge on any atom is -0.507 e. The van der Waals surface area contributed by atoms with Crippen molar-refractivity contribution in [2.45, 2.75) is 93.7 Å². The summed E-state index contributed by atoms with van der Waals surface area (Å²) in [5.74, 6) is -0.0377. The lowest BCUT2D eigenvalue weighted by Crippen LogP contribution is -2.57. The van der Waals surface area contributed by atoms with E-state index in [9.17, 15) is 19.8 Å². The van der Waals surface area contributed by atoms with Crippen LogP contribution in [-0.2, 0) is 50.9 Å². The predicted molar refractivity (Wildman–Crippen MR) is 175 cm³/mol. The third-order valence-electron chi connectivity index (χ3n) is 8.99. The van der Waals surface area contributed by atoms with Gasteiger partial charge in [0.1, 0.15) is 24.7 Å². The average molecular weight is 657 g/mol. The number of ether oxygens (including phenoxy) is 6. The van der Waals surface area contributed by atoms with Crippen molar-refractivity contribution in [3.05, 3.63) is 57.6 Å². The third-order valence-corrected chi connectivity index (χ3v) is 8.99. The van der Waals surface area contributed by atoms with E-state index in [1.165, 1.54) is 0 Å². The standard InChI is InChI=1S/C37H52O10/c1-23-13-27(14-24(2)31(23)40)9-11-29(38)42-17-35(5,6)33-44-19-37(20-45-33)21-46-34(47-22-37)36(7,8)18-43-30(39)12-10-28-15-25(3)32(41)26(4)16-28/h13-16,33-34,40-41H,9-12,17-22H2,1-8H3. The molecule has 4 rings (SSSR count). The fraction of sp³-hybridized carbons (Fsp3) is 0.622. The van der Waals surface area contributed by atoms with Crippen molar-refractivity contribution in [3.8, 4) is 11.5 Å². The first kappa shape index (κ1) is 36.7. The number of carbonyl (C=O) groups is 2. The predicted octanol–water partition coefficient (Wildman–Crippen LogP) is 5.77. The van der Waals surface area contributed by atoms with Crippen LogP contribution in [0.3, 0.4) is 0 Å². The lowest BCUT2D eigenvalue weighted by atomic mass is 9.86. The van der Waals surface area contributed by atoms with Crippen LogP contribution in [0.4, 0.5) is 0 Å². The van der Waals surface area contributed by atoms with Crippen molar-refractivity contribution in [2.24, 2.45) is 16.2 Å². The van der Waals surface area contributed by atoms with Gasteiger partial charge in [0, 0.05) is 23.7 Å². The second kappa shape index (κ2) is 14.9. The molecule has 2 aromatic rings. The maximum absolute atomic E-state index is 12.5. The van der Waals surface area contributed by atoms with Crippen molar-refractivity contribution in [3.63, 3.8) is 0 Å². The van der Waals surface area contributed by atoms with E-state index in [0.29, 0.717) is 39.3 Å². The molecule has 0 aliphatic carbocycles. The van der Waals surface area contributed by atoms with Crippen LogP contribution >= 0.6 is 0 Å². The molecule has 0 saturated carbocycles. The zero-order valence-corrected chi connectivity index (χ0v) is 29.2. The topological polar surface area (TPSA) is 130 Å². The van der Waals surface area contributed by atoms with Crippen LogP contribution in [0, 0.1) is 43.9 Å². The number of benzene rings is 2. The summed E-state index contributed by atoms with van der Waals surface area (Å²) in [6.45, 7) is 16.9. The summed E-state index contributed by atoms with van der Waals surface area (Å²) in [4.78, 5) is 25.0. The molecule has 2 saturated heterocycles. The second-order valence-corrected chi connectivity index (χ2v) is 14.9. The minimum absolute atomic E-state index is 0.146. The molecule has 10 heteroatoms. The van der Waals surface area contributed by atoms with Gasteiger partial charge >= 0.3 is 11.9 Å². The first-order valence-corrected chi connectivity index (χ1v) is 16.4. The van der Waals surface area contributed by atoms with Crippen molar-refractivity contribution >= 4 is 11.9 Å². The highest BCUT2D eigenvalue weighted by atomic mass is 16.7. The highest BCUT2D eigenvalue weighted by molar-refractivity contribution is 5.70. The fourth-order valence-electron chi connectivity index (χ4n) is 5.94. The first-order chi connectivity index (χ1) is 22.0. The molecule has 0 amide bonds. The van der Waals surface area contributed by atoms with Crippen LogP contribution in [0.25, 0.3) is 0 Å². The Bertz CT molecular complexity index is 1260. The Kier molecular flexibility index (Phi) is 11.6. The maximum Gasteiger partial charge on any atom is 0.306 e. The van der Waals surface area contributed by atoms with Crippen molar-refractivity contribution in [2.75, 3.05) is 39.6 Å². The van der Waals surface area contributed by atoms with Gasteiger partial charge in [0.2, 0.25) is 0 Å². The summed E-state index contributed by atoms with van der Waals surface area (Å²) in [6, 6.07) is 7.55. The van der Waals surface area contributed by atoms with Crippen LogP contribution in [-0.4, -0.2) is 74.4 Å². The van der Waals surface area contributed by atoms with Gasteiger partial charge in [0.05, 0.1) is 31.8 Å². The van der Waals surface area contributed by atoms with E-state index in [-0.39, 0.29) is 49.5 Å². The van der Waals surface area contributed by atoms with Crippen molar-refractivity contribution in [1.29, 1.82) is 0 Å². The summed E-state index contributed by atoms with van der Waals surface area (Å²) >= 11 is 0. The molecule has 1 spiro atoms. The Balaban J connectivity index is 1.16. The molecule has 0 aromatic heterocycles. The highest BCUT2D eigenvalue weighted by Crippen LogP contribution is 2.39. The summed E-state index contributed by atoms with van der Waals surface area (Å²) in [5, 5.41) is 20.0. The number of hydrogen-bond acceptors (Lipinski definition) is 10. The molecule has 2 fully saturated rings. The average Bonchev–Trinajstić information content (AvgIpc) is 3.02. The third kappa shape index (κ3) is 9.47. The number of esters is 2. The van der Waals surface area contributed by atoms with Crippen molar-refractivity contribution < 1.29 is 48.2 Å². The largest absolute Gasteiger partial charge is 0.507 e. The molecular formula is C37H52O10. The Morgan fingerprint density at radius 1 is 0.660 bits per heavy atom. The summed E-state index contributed by atoms with van der Waals surface area (Å²) in [6.07, 6.45) is 0.402. The van der Waals surface area contributed by atoms with Crippen LogP contribution in [0.5, 0.6) is 11.5 Å².